The van der Waals surface area contributed by atoms with Crippen molar-refractivity contribution in [2.75, 3.05) is 26.3 Å². The molecule has 0 spiro atoms. The highest BCUT2D eigenvalue weighted by Gasteiger charge is 2.33. The lowest BCUT2D eigenvalue weighted by Crippen LogP contribution is -2.43. The van der Waals surface area contributed by atoms with Crippen molar-refractivity contribution in [3.63, 3.8) is 0 Å². The predicted octanol–water partition coefficient (Wildman–Crippen LogP) is 2.95. The molecule has 0 aromatic carbocycles. The van der Waals surface area contributed by atoms with Gasteiger partial charge in [-0.25, -0.2) is 0 Å². The first kappa shape index (κ1) is 18.9. The number of piperidine rings is 1. The van der Waals surface area contributed by atoms with E-state index < -0.39 is 0 Å². The van der Waals surface area contributed by atoms with E-state index in [4.69, 9.17) is 9.26 Å². The number of hydrogen-bond donors (Lipinski definition) is 0. The van der Waals surface area contributed by atoms with Crippen LogP contribution in [0.25, 0.3) is 22.5 Å². The number of nitrogens with zero attached hydrogens (tertiary/aromatic N) is 6. The van der Waals surface area contributed by atoms with Gasteiger partial charge in [0.2, 0.25) is 5.91 Å². The molecule has 3 aromatic heterocycles. The highest BCUT2D eigenvalue weighted by molar-refractivity contribution is 5.80. The molecule has 6 rings (SSSR count). The van der Waals surface area contributed by atoms with Gasteiger partial charge in [-0.2, -0.15) is 10.1 Å². The molecule has 0 N–H and O–H groups in total. The molecule has 31 heavy (non-hydrogen) atoms. The second-order valence-electron chi connectivity index (χ2n) is 8.92. The van der Waals surface area contributed by atoms with Crippen LogP contribution in [-0.4, -0.2) is 62.0 Å². The van der Waals surface area contributed by atoms with Crippen LogP contribution in [0.15, 0.2) is 23.0 Å². The van der Waals surface area contributed by atoms with Crippen LogP contribution < -0.4 is 0 Å². The molecule has 1 unspecified atom stereocenters. The summed E-state index contributed by atoms with van der Waals surface area (Å²) in [4.78, 5) is 23.7. The molecular formula is C22H26N6O3. The summed E-state index contributed by atoms with van der Waals surface area (Å²) in [7, 11) is 0. The standard InChI is InChI=1S/C22H26N6O3/c29-22(15-2-1-3-15)27-7-4-14(5-8-27)20-25-21(31-26-20)16-10-19-18(23-11-16)12-24-28(19)17-6-9-30-13-17/h10-12,14-15,17H,1-9,13H2. The Morgan fingerprint density at radius 2 is 1.97 bits per heavy atom. The average Bonchev–Trinajstić information content (AvgIpc) is 3.52. The fourth-order valence-corrected chi connectivity index (χ4v) is 4.84. The maximum absolute atomic E-state index is 12.5. The number of aromatic nitrogens is 5. The van der Waals surface area contributed by atoms with Crippen molar-refractivity contribution >= 4 is 16.9 Å². The van der Waals surface area contributed by atoms with Crippen LogP contribution >= 0.6 is 0 Å². The Bertz CT molecular complexity index is 1090. The summed E-state index contributed by atoms with van der Waals surface area (Å²) in [5.41, 5.74) is 2.60. The molecule has 2 aliphatic heterocycles. The monoisotopic (exact) mass is 422 g/mol. The van der Waals surface area contributed by atoms with E-state index in [-0.39, 0.29) is 17.9 Å². The van der Waals surface area contributed by atoms with Gasteiger partial charge in [0.1, 0.15) is 5.52 Å². The second kappa shape index (κ2) is 7.71. The molecule has 2 saturated heterocycles. The van der Waals surface area contributed by atoms with Crippen molar-refractivity contribution in [3.05, 3.63) is 24.3 Å². The van der Waals surface area contributed by atoms with Gasteiger partial charge in [0.15, 0.2) is 5.82 Å². The molecule has 9 nitrogen and oxygen atoms in total. The Hall–Kier alpha value is -2.81. The molecule has 1 aliphatic carbocycles. The van der Waals surface area contributed by atoms with Gasteiger partial charge in [0, 0.05) is 37.7 Å². The Labute approximate surface area is 179 Å². The van der Waals surface area contributed by atoms with Crippen molar-refractivity contribution < 1.29 is 14.1 Å². The zero-order valence-corrected chi connectivity index (χ0v) is 17.4. The Balaban J connectivity index is 1.18. The minimum atomic E-state index is 0.223. The van der Waals surface area contributed by atoms with Crippen molar-refractivity contribution in [1.82, 2.24) is 29.8 Å². The molecule has 162 valence electrons. The van der Waals surface area contributed by atoms with Crippen LogP contribution in [0, 0.1) is 5.92 Å². The van der Waals surface area contributed by atoms with Gasteiger partial charge in [0.25, 0.3) is 5.89 Å². The van der Waals surface area contributed by atoms with Gasteiger partial charge >= 0.3 is 0 Å². The van der Waals surface area contributed by atoms with E-state index >= 15 is 0 Å². The van der Waals surface area contributed by atoms with E-state index in [1.165, 1.54) is 6.42 Å². The molecule has 3 aromatic rings. The van der Waals surface area contributed by atoms with Crippen LogP contribution in [0.1, 0.15) is 56.3 Å². The Morgan fingerprint density at radius 1 is 1.10 bits per heavy atom. The molecule has 0 bridgehead atoms. The summed E-state index contributed by atoms with van der Waals surface area (Å²) in [5, 5.41) is 8.77. The van der Waals surface area contributed by atoms with Gasteiger partial charge in [-0.3, -0.25) is 14.5 Å². The van der Waals surface area contributed by atoms with Gasteiger partial charge in [-0.05, 0) is 38.2 Å². The first-order chi connectivity index (χ1) is 15.3. The Morgan fingerprint density at radius 3 is 2.71 bits per heavy atom. The van der Waals surface area contributed by atoms with Gasteiger partial charge < -0.3 is 14.2 Å². The van der Waals surface area contributed by atoms with E-state index in [0.29, 0.717) is 18.4 Å². The smallest absolute Gasteiger partial charge is 0.259 e. The fourth-order valence-electron chi connectivity index (χ4n) is 4.84. The van der Waals surface area contributed by atoms with E-state index in [1.807, 2.05) is 15.6 Å². The van der Waals surface area contributed by atoms with Gasteiger partial charge in [0.05, 0.1) is 29.9 Å². The predicted molar refractivity (Wildman–Crippen MR) is 111 cm³/mol. The normalized spacial score (nSPS) is 22.8. The summed E-state index contributed by atoms with van der Waals surface area (Å²) in [6.07, 6.45) is 9.55. The van der Waals surface area contributed by atoms with Crippen LogP contribution in [0.4, 0.5) is 0 Å². The van der Waals surface area contributed by atoms with Crippen LogP contribution in [-0.2, 0) is 9.53 Å². The number of pyridine rings is 1. The zero-order chi connectivity index (χ0) is 20.8. The molecule has 5 heterocycles. The summed E-state index contributed by atoms with van der Waals surface area (Å²) in [5.74, 6) is 2.03. The number of carbonyl (C=O) groups is 1. The number of likely N-dealkylation sites (tertiary alicyclic amines) is 1. The lowest BCUT2D eigenvalue weighted by Gasteiger charge is -2.35. The summed E-state index contributed by atoms with van der Waals surface area (Å²) < 4.78 is 13.1. The highest BCUT2D eigenvalue weighted by atomic mass is 16.5. The largest absolute Gasteiger partial charge is 0.379 e. The number of rotatable bonds is 4. The van der Waals surface area contributed by atoms with Crippen LogP contribution in [0.5, 0.6) is 0 Å². The lowest BCUT2D eigenvalue weighted by molar-refractivity contribution is -0.139. The third-order valence-electron chi connectivity index (χ3n) is 7.02. The molecule has 3 fully saturated rings. The fraction of sp³-hybridized carbons (Fsp3) is 0.591. The molecule has 1 saturated carbocycles. The maximum Gasteiger partial charge on any atom is 0.259 e. The summed E-state index contributed by atoms with van der Waals surface area (Å²) in [6, 6.07) is 2.26. The van der Waals surface area contributed by atoms with E-state index in [9.17, 15) is 4.79 Å². The van der Waals surface area contributed by atoms with Crippen LogP contribution in [0.2, 0.25) is 0 Å². The van der Waals surface area contributed by atoms with Crippen LogP contribution in [0.3, 0.4) is 0 Å². The van der Waals surface area contributed by atoms with E-state index in [2.05, 4.69) is 20.2 Å². The summed E-state index contributed by atoms with van der Waals surface area (Å²) >= 11 is 0. The molecule has 0 radical (unpaired) electrons. The second-order valence-corrected chi connectivity index (χ2v) is 8.92. The van der Waals surface area contributed by atoms with Crippen molar-refractivity contribution in [2.45, 2.75) is 50.5 Å². The number of ether oxygens (including phenoxy) is 1. The number of amides is 1. The van der Waals surface area contributed by atoms with Gasteiger partial charge in [-0.15, -0.1) is 0 Å². The highest BCUT2D eigenvalue weighted by Crippen LogP contribution is 2.33. The molecule has 3 aliphatic rings. The lowest BCUT2D eigenvalue weighted by atomic mass is 9.83. The first-order valence-corrected chi connectivity index (χ1v) is 11.3. The third-order valence-corrected chi connectivity index (χ3v) is 7.02. The minimum absolute atomic E-state index is 0.223. The SMILES string of the molecule is O=C(C1CCC1)N1CCC(c2noc(-c3cnc4cnn(C5CCOC5)c4c3)n2)CC1. The molecule has 1 atom stereocenters. The Kier molecular flexibility index (Phi) is 4.70. The van der Waals surface area contributed by atoms with Crippen molar-refractivity contribution in [3.8, 4) is 11.5 Å². The topological polar surface area (TPSA) is 99.2 Å². The van der Waals surface area contributed by atoms with Crippen molar-refractivity contribution in [2.24, 2.45) is 5.92 Å². The summed E-state index contributed by atoms with van der Waals surface area (Å²) in [6.45, 7) is 2.99. The number of hydrogen-bond acceptors (Lipinski definition) is 7. The number of carbonyl (C=O) groups excluding carboxylic acids is 1. The van der Waals surface area contributed by atoms with Gasteiger partial charge in [-0.1, -0.05) is 11.6 Å². The maximum atomic E-state index is 12.5. The minimum Gasteiger partial charge on any atom is -0.379 e. The van der Waals surface area contributed by atoms with E-state index in [0.717, 1.165) is 74.2 Å². The molecule has 1 amide bonds. The molecular weight excluding hydrogens is 396 g/mol. The number of fused-ring (bicyclic) bond motifs is 1. The molecule has 9 heteroatoms. The third kappa shape index (κ3) is 3.40. The first-order valence-electron chi connectivity index (χ1n) is 11.3. The van der Waals surface area contributed by atoms with Crippen molar-refractivity contribution in [1.29, 1.82) is 0 Å². The zero-order valence-electron chi connectivity index (χ0n) is 17.4. The average molecular weight is 422 g/mol. The van der Waals surface area contributed by atoms with E-state index in [1.54, 1.807) is 12.4 Å². The quantitative estimate of drug-likeness (QED) is 0.637.